The molecule has 3 rings (SSSR count). The smallest absolute Gasteiger partial charge is 0.325 e. The quantitative estimate of drug-likeness (QED) is 0.800. The highest BCUT2D eigenvalue weighted by Crippen LogP contribution is 2.33. The second-order valence-corrected chi connectivity index (χ2v) is 6.39. The number of nitrogens with zero attached hydrogens (tertiary/aromatic N) is 2. The fourth-order valence-corrected chi connectivity index (χ4v) is 3.39. The standard InChI is InChI=1S/C20H24N2O5/c1-25-17-4-3-14(13-18(17)26-2)19(20(23)24)22-11-7-16(8-12-22)27-15-5-9-21-10-6-15/h3-6,9-10,13,16,19H,7-8,11-12H2,1-2H3,(H,23,24). The highest BCUT2D eigenvalue weighted by Gasteiger charge is 2.32. The summed E-state index contributed by atoms with van der Waals surface area (Å²) in [6.45, 7) is 1.28. The van der Waals surface area contributed by atoms with E-state index in [0.717, 1.165) is 18.6 Å². The van der Waals surface area contributed by atoms with Gasteiger partial charge < -0.3 is 19.3 Å². The lowest BCUT2D eigenvalue weighted by Crippen LogP contribution is -2.43. The van der Waals surface area contributed by atoms with Crippen LogP contribution in [0.3, 0.4) is 0 Å². The van der Waals surface area contributed by atoms with Gasteiger partial charge in [0.25, 0.3) is 0 Å². The molecule has 0 spiro atoms. The number of likely N-dealkylation sites (tertiary alicyclic amines) is 1. The predicted molar refractivity (Wildman–Crippen MR) is 99.4 cm³/mol. The Kier molecular flexibility index (Phi) is 6.13. The van der Waals surface area contributed by atoms with Crippen LogP contribution in [0.1, 0.15) is 24.4 Å². The van der Waals surface area contributed by atoms with Crippen LogP contribution in [-0.4, -0.2) is 54.4 Å². The van der Waals surface area contributed by atoms with Crippen molar-refractivity contribution in [2.24, 2.45) is 0 Å². The molecular formula is C20H24N2O5. The van der Waals surface area contributed by atoms with Gasteiger partial charge in [-0.25, -0.2) is 0 Å². The molecule has 7 heteroatoms. The van der Waals surface area contributed by atoms with Crippen LogP contribution in [0.5, 0.6) is 17.2 Å². The summed E-state index contributed by atoms with van der Waals surface area (Å²) >= 11 is 0. The van der Waals surface area contributed by atoms with Crippen molar-refractivity contribution in [2.45, 2.75) is 25.0 Å². The van der Waals surface area contributed by atoms with Gasteiger partial charge in [-0.15, -0.1) is 0 Å². The number of aromatic nitrogens is 1. The summed E-state index contributed by atoms with van der Waals surface area (Å²) in [4.78, 5) is 17.9. The Bertz CT molecular complexity index is 760. The molecule has 1 aliphatic rings. The number of benzene rings is 1. The van der Waals surface area contributed by atoms with Crippen LogP contribution in [-0.2, 0) is 4.79 Å². The number of methoxy groups -OCH3 is 2. The van der Waals surface area contributed by atoms with E-state index in [-0.39, 0.29) is 6.10 Å². The van der Waals surface area contributed by atoms with Crippen LogP contribution < -0.4 is 14.2 Å². The van der Waals surface area contributed by atoms with E-state index in [1.54, 1.807) is 44.8 Å². The van der Waals surface area contributed by atoms with E-state index >= 15 is 0 Å². The van der Waals surface area contributed by atoms with Gasteiger partial charge in [0.15, 0.2) is 11.5 Å². The van der Waals surface area contributed by atoms with Crippen molar-refractivity contribution in [3.05, 3.63) is 48.3 Å². The maximum absolute atomic E-state index is 12.0. The molecule has 144 valence electrons. The Hall–Kier alpha value is -2.80. The van der Waals surface area contributed by atoms with Gasteiger partial charge in [0, 0.05) is 25.5 Å². The van der Waals surface area contributed by atoms with E-state index in [0.29, 0.717) is 30.2 Å². The molecule has 1 aliphatic heterocycles. The van der Waals surface area contributed by atoms with Gasteiger partial charge in [-0.2, -0.15) is 0 Å². The molecule has 0 saturated carbocycles. The summed E-state index contributed by atoms with van der Waals surface area (Å²) in [6.07, 6.45) is 4.99. The Morgan fingerprint density at radius 1 is 1.11 bits per heavy atom. The van der Waals surface area contributed by atoms with Crippen molar-refractivity contribution >= 4 is 5.97 Å². The van der Waals surface area contributed by atoms with Gasteiger partial charge in [0.2, 0.25) is 0 Å². The monoisotopic (exact) mass is 372 g/mol. The highest BCUT2D eigenvalue weighted by atomic mass is 16.5. The third-order valence-electron chi connectivity index (χ3n) is 4.75. The molecule has 1 fully saturated rings. The summed E-state index contributed by atoms with van der Waals surface area (Å²) in [5, 5.41) is 9.82. The number of piperidine rings is 1. The maximum Gasteiger partial charge on any atom is 0.325 e. The van der Waals surface area contributed by atoms with Gasteiger partial charge in [0.05, 0.1) is 14.2 Å². The molecule has 27 heavy (non-hydrogen) atoms. The molecule has 1 aromatic carbocycles. The number of carbonyl (C=O) groups is 1. The summed E-state index contributed by atoms with van der Waals surface area (Å²) in [7, 11) is 3.10. The average molecular weight is 372 g/mol. The van der Waals surface area contributed by atoms with Crippen LogP contribution in [0.25, 0.3) is 0 Å². The minimum Gasteiger partial charge on any atom is -0.493 e. The number of ether oxygens (including phenoxy) is 3. The van der Waals surface area contributed by atoms with Gasteiger partial charge in [-0.1, -0.05) is 6.07 Å². The number of hydrogen-bond acceptors (Lipinski definition) is 6. The van der Waals surface area contributed by atoms with Crippen LogP contribution in [0.15, 0.2) is 42.7 Å². The number of rotatable bonds is 7. The number of pyridine rings is 1. The molecule has 1 atom stereocenters. The van der Waals surface area contributed by atoms with Crippen molar-refractivity contribution < 1.29 is 24.1 Å². The first-order valence-electron chi connectivity index (χ1n) is 8.88. The fourth-order valence-electron chi connectivity index (χ4n) is 3.39. The molecule has 2 aromatic rings. The van der Waals surface area contributed by atoms with Crippen LogP contribution in [0.2, 0.25) is 0 Å². The molecule has 0 bridgehead atoms. The lowest BCUT2D eigenvalue weighted by Gasteiger charge is -2.36. The van der Waals surface area contributed by atoms with E-state index in [4.69, 9.17) is 14.2 Å². The van der Waals surface area contributed by atoms with Gasteiger partial charge in [0.1, 0.15) is 17.9 Å². The number of carboxylic acids is 1. The zero-order chi connectivity index (χ0) is 19.2. The van der Waals surface area contributed by atoms with Crippen LogP contribution >= 0.6 is 0 Å². The third-order valence-corrected chi connectivity index (χ3v) is 4.75. The van der Waals surface area contributed by atoms with E-state index in [2.05, 4.69) is 4.98 Å². The van der Waals surface area contributed by atoms with Crippen molar-refractivity contribution in [2.75, 3.05) is 27.3 Å². The van der Waals surface area contributed by atoms with Crippen molar-refractivity contribution in [1.82, 2.24) is 9.88 Å². The zero-order valence-corrected chi connectivity index (χ0v) is 15.5. The first-order valence-corrected chi connectivity index (χ1v) is 8.88. The topological polar surface area (TPSA) is 81.1 Å². The fraction of sp³-hybridized carbons (Fsp3) is 0.400. The normalized spacial score (nSPS) is 16.5. The minimum absolute atomic E-state index is 0.0727. The van der Waals surface area contributed by atoms with Gasteiger partial charge >= 0.3 is 5.97 Å². The molecular weight excluding hydrogens is 348 g/mol. The van der Waals surface area contributed by atoms with Gasteiger partial charge in [-0.05, 0) is 42.7 Å². The Balaban J connectivity index is 1.69. The number of aliphatic carboxylic acids is 1. The average Bonchev–Trinajstić information content (AvgIpc) is 2.70. The van der Waals surface area contributed by atoms with Crippen molar-refractivity contribution in [1.29, 1.82) is 0 Å². The molecule has 0 radical (unpaired) electrons. The summed E-state index contributed by atoms with van der Waals surface area (Å²) in [5.41, 5.74) is 0.675. The largest absolute Gasteiger partial charge is 0.493 e. The van der Waals surface area contributed by atoms with E-state index in [9.17, 15) is 9.90 Å². The van der Waals surface area contributed by atoms with Crippen molar-refractivity contribution in [3.63, 3.8) is 0 Å². The predicted octanol–water partition coefficient (Wildman–Crippen LogP) is 2.77. The van der Waals surface area contributed by atoms with Crippen molar-refractivity contribution in [3.8, 4) is 17.2 Å². The van der Waals surface area contributed by atoms with E-state index in [1.165, 1.54) is 0 Å². The van der Waals surface area contributed by atoms with E-state index < -0.39 is 12.0 Å². The second-order valence-electron chi connectivity index (χ2n) is 6.39. The zero-order valence-electron chi connectivity index (χ0n) is 15.5. The SMILES string of the molecule is COc1ccc(C(C(=O)O)N2CCC(Oc3ccncc3)CC2)cc1OC. The Morgan fingerprint density at radius 2 is 1.78 bits per heavy atom. The third kappa shape index (κ3) is 4.49. The molecule has 0 aliphatic carbocycles. The van der Waals surface area contributed by atoms with E-state index in [1.807, 2.05) is 17.0 Å². The molecule has 1 saturated heterocycles. The lowest BCUT2D eigenvalue weighted by atomic mass is 10.00. The minimum atomic E-state index is -0.879. The van der Waals surface area contributed by atoms with Gasteiger partial charge in [-0.3, -0.25) is 14.7 Å². The number of hydrogen-bond donors (Lipinski definition) is 1. The molecule has 7 nitrogen and oxygen atoms in total. The Labute approximate surface area is 158 Å². The van der Waals surface area contributed by atoms with Crippen LogP contribution in [0, 0.1) is 0 Å². The summed E-state index contributed by atoms with van der Waals surface area (Å²) in [5.74, 6) is 1.01. The molecule has 0 amide bonds. The summed E-state index contributed by atoms with van der Waals surface area (Å²) < 4.78 is 16.5. The maximum atomic E-state index is 12.0. The highest BCUT2D eigenvalue weighted by molar-refractivity contribution is 5.76. The molecule has 1 aromatic heterocycles. The lowest BCUT2D eigenvalue weighted by molar-refractivity contribution is -0.144. The molecule has 1 N–H and O–H groups in total. The first-order chi connectivity index (χ1) is 13.1. The Morgan fingerprint density at radius 3 is 2.37 bits per heavy atom. The number of carboxylic acid groups (broad SMARTS) is 1. The molecule has 1 unspecified atom stereocenters. The second kappa shape index (κ2) is 8.73. The summed E-state index contributed by atoms with van der Waals surface area (Å²) in [6, 6.07) is 8.18. The van der Waals surface area contributed by atoms with Crippen LogP contribution in [0.4, 0.5) is 0 Å². The first kappa shape index (κ1) is 19.0. The molecule has 2 heterocycles.